The van der Waals surface area contributed by atoms with Gasteiger partial charge in [0.15, 0.2) is 0 Å². The molecule has 1 fully saturated rings. The molecule has 0 radical (unpaired) electrons. The molecule has 0 bridgehead atoms. The van der Waals surface area contributed by atoms with Gasteiger partial charge in [0.2, 0.25) is 0 Å². The molecule has 1 aliphatic rings. The lowest BCUT2D eigenvalue weighted by atomic mass is 9.93. The first-order chi connectivity index (χ1) is 6.37. The van der Waals surface area contributed by atoms with Crippen molar-refractivity contribution in [2.75, 3.05) is 13.1 Å². The molecule has 4 heteroatoms. The first-order valence-electron chi connectivity index (χ1n) is 4.78. The van der Waals surface area contributed by atoms with Crippen molar-refractivity contribution < 1.29 is 14.7 Å². The molecule has 82 valence electrons. The lowest BCUT2D eigenvalue weighted by molar-refractivity contribution is -0.109. The molecule has 0 aliphatic carbocycles. The third-order valence-corrected chi connectivity index (χ3v) is 1.82. The number of hydrogen-bond donors (Lipinski definition) is 1. The van der Waals surface area contributed by atoms with Crippen molar-refractivity contribution in [3.8, 4) is 0 Å². The molecule has 0 aromatic rings. The van der Waals surface area contributed by atoms with Crippen molar-refractivity contribution in [2.24, 2.45) is 5.41 Å². The van der Waals surface area contributed by atoms with Gasteiger partial charge in [-0.1, -0.05) is 20.8 Å². The van der Waals surface area contributed by atoms with E-state index in [4.69, 9.17) is 5.11 Å². The fourth-order valence-corrected chi connectivity index (χ4v) is 0.758. The standard InChI is InChI=1S/C6H12O.C4H7NO2/c1-6(2,3)4-5-7;6-4(7)5-2-1-3-5/h5H,4H2,1-3H3;1-3H2,(H,6,7). The maximum atomic E-state index is 9.91. The Morgan fingerprint density at radius 3 is 1.93 bits per heavy atom. The smallest absolute Gasteiger partial charge is 0.407 e. The van der Waals surface area contributed by atoms with Crippen LogP contribution < -0.4 is 0 Å². The molecule has 1 amide bonds. The number of aldehydes is 1. The van der Waals surface area contributed by atoms with Gasteiger partial charge in [0.05, 0.1) is 0 Å². The molecule has 0 unspecified atom stereocenters. The van der Waals surface area contributed by atoms with Crippen LogP contribution in [0.15, 0.2) is 0 Å². The zero-order valence-electron chi connectivity index (χ0n) is 9.12. The Kier molecular flexibility index (Phi) is 5.20. The average molecular weight is 201 g/mol. The van der Waals surface area contributed by atoms with Crippen molar-refractivity contribution >= 4 is 12.4 Å². The van der Waals surface area contributed by atoms with Gasteiger partial charge in [0, 0.05) is 19.5 Å². The lowest BCUT2D eigenvalue weighted by Gasteiger charge is -2.27. The summed E-state index contributed by atoms with van der Waals surface area (Å²) >= 11 is 0. The van der Waals surface area contributed by atoms with Crippen LogP contribution in [0.2, 0.25) is 0 Å². The maximum Gasteiger partial charge on any atom is 0.407 e. The van der Waals surface area contributed by atoms with Gasteiger partial charge in [0.25, 0.3) is 0 Å². The molecule has 1 saturated heterocycles. The summed E-state index contributed by atoms with van der Waals surface area (Å²) in [5.41, 5.74) is 0.182. The molecule has 0 aromatic carbocycles. The minimum absolute atomic E-state index is 0.182. The molecule has 14 heavy (non-hydrogen) atoms. The van der Waals surface area contributed by atoms with E-state index in [-0.39, 0.29) is 5.41 Å². The highest BCUT2D eigenvalue weighted by atomic mass is 16.4. The third-order valence-electron chi connectivity index (χ3n) is 1.82. The van der Waals surface area contributed by atoms with E-state index < -0.39 is 6.09 Å². The number of carbonyl (C=O) groups excluding carboxylic acids is 1. The highest BCUT2D eigenvalue weighted by Crippen LogP contribution is 2.15. The van der Waals surface area contributed by atoms with Crippen LogP contribution >= 0.6 is 0 Å². The van der Waals surface area contributed by atoms with Crippen LogP contribution in [-0.2, 0) is 4.79 Å². The van der Waals surface area contributed by atoms with Crippen LogP contribution in [0.25, 0.3) is 0 Å². The predicted octanol–water partition coefficient (Wildman–Crippen LogP) is 1.99. The van der Waals surface area contributed by atoms with Gasteiger partial charge in [0.1, 0.15) is 6.29 Å². The normalized spacial score (nSPS) is 14.9. The molecule has 0 saturated carbocycles. The van der Waals surface area contributed by atoms with Gasteiger partial charge in [-0.25, -0.2) is 4.79 Å². The summed E-state index contributed by atoms with van der Waals surface area (Å²) in [6.45, 7) is 7.59. The van der Waals surface area contributed by atoms with E-state index in [0.717, 1.165) is 25.8 Å². The Bertz CT molecular complexity index is 192. The van der Waals surface area contributed by atoms with Crippen LogP contribution in [0.4, 0.5) is 4.79 Å². The molecule has 1 rings (SSSR count). The summed E-state index contributed by atoms with van der Waals surface area (Å²) in [4.78, 5) is 21.1. The number of carboxylic acid groups (broad SMARTS) is 1. The Balaban J connectivity index is 0.000000241. The van der Waals surface area contributed by atoms with Crippen LogP contribution in [0.1, 0.15) is 33.6 Å². The summed E-state index contributed by atoms with van der Waals surface area (Å²) < 4.78 is 0. The second kappa shape index (κ2) is 5.62. The number of likely N-dealkylation sites (tertiary alicyclic amines) is 1. The quantitative estimate of drug-likeness (QED) is 0.660. The van der Waals surface area contributed by atoms with E-state index >= 15 is 0 Å². The molecule has 0 spiro atoms. The summed E-state index contributed by atoms with van der Waals surface area (Å²) in [6, 6.07) is 0. The molecule has 0 aromatic heterocycles. The van der Waals surface area contributed by atoms with Gasteiger partial charge >= 0.3 is 6.09 Å². The van der Waals surface area contributed by atoms with Gasteiger partial charge in [-0.15, -0.1) is 0 Å². The van der Waals surface area contributed by atoms with E-state index in [1.54, 1.807) is 0 Å². The average Bonchev–Trinajstić information content (AvgIpc) is 1.78. The van der Waals surface area contributed by atoms with E-state index in [1.165, 1.54) is 4.90 Å². The van der Waals surface area contributed by atoms with Crippen LogP contribution in [0, 0.1) is 5.41 Å². The van der Waals surface area contributed by atoms with Gasteiger partial charge in [-0.2, -0.15) is 0 Å². The van der Waals surface area contributed by atoms with Crippen molar-refractivity contribution in [3.05, 3.63) is 0 Å². The lowest BCUT2D eigenvalue weighted by Crippen LogP contribution is -2.40. The van der Waals surface area contributed by atoms with Gasteiger partial charge < -0.3 is 14.8 Å². The number of amides is 1. The number of rotatable bonds is 1. The number of hydrogen-bond acceptors (Lipinski definition) is 2. The Labute approximate surface area is 84.9 Å². The first-order valence-corrected chi connectivity index (χ1v) is 4.78. The molecular weight excluding hydrogens is 182 g/mol. The van der Waals surface area contributed by atoms with Crippen molar-refractivity contribution in [1.29, 1.82) is 0 Å². The SMILES string of the molecule is CC(C)(C)CC=O.O=C(O)N1CCC1. The van der Waals surface area contributed by atoms with Crippen molar-refractivity contribution in [2.45, 2.75) is 33.6 Å². The van der Waals surface area contributed by atoms with Crippen molar-refractivity contribution in [1.82, 2.24) is 4.90 Å². The molecule has 1 N–H and O–H groups in total. The topological polar surface area (TPSA) is 57.6 Å². The van der Waals surface area contributed by atoms with E-state index in [9.17, 15) is 9.59 Å². The summed E-state index contributed by atoms with van der Waals surface area (Å²) in [7, 11) is 0. The van der Waals surface area contributed by atoms with Crippen LogP contribution in [0.3, 0.4) is 0 Å². The fraction of sp³-hybridized carbons (Fsp3) is 0.800. The number of nitrogens with zero attached hydrogens (tertiary/aromatic N) is 1. The zero-order chi connectivity index (χ0) is 11.2. The summed E-state index contributed by atoms with van der Waals surface area (Å²) in [5, 5.41) is 8.16. The zero-order valence-corrected chi connectivity index (χ0v) is 9.12. The maximum absolute atomic E-state index is 9.91. The van der Waals surface area contributed by atoms with Crippen LogP contribution in [-0.4, -0.2) is 35.5 Å². The predicted molar refractivity (Wildman–Crippen MR) is 54.4 cm³/mol. The highest BCUT2D eigenvalue weighted by molar-refractivity contribution is 5.65. The molecule has 0 atom stereocenters. The molecule has 1 heterocycles. The Hall–Kier alpha value is -1.06. The highest BCUT2D eigenvalue weighted by Gasteiger charge is 2.17. The Morgan fingerprint density at radius 2 is 1.93 bits per heavy atom. The number of carbonyl (C=O) groups is 2. The summed E-state index contributed by atoms with van der Waals surface area (Å²) in [5.74, 6) is 0. The van der Waals surface area contributed by atoms with E-state index in [1.807, 2.05) is 20.8 Å². The molecule has 4 nitrogen and oxygen atoms in total. The first kappa shape index (κ1) is 12.9. The van der Waals surface area contributed by atoms with Crippen molar-refractivity contribution in [3.63, 3.8) is 0 Å². The third kappa shape index (κ3) is 6.46. The second-order valence-corrected chi connectivity index (χ2v) is 4.55. The van der Waals surface area contributed by atoms with Crippen LogP contribution in [0.5, 0.6) is 0 Å². The fourth-order valence-electron chi connectivity index (χ4n) is 0.758. The molecule has 1 aliphatic heterocycles. The monoisotopic (exact) mass is 201 g/mol. The summed E-state index contributed by atoms with van der Waals surface area (Å²) in [6.07, 6.45) is 1.87. The van der Waals surface area contributed by atoms with Gasteiger partial charge in [-0.05, 0) is 11.8 Å². The van der Waals surface area contributed by atoms with E-state index in [2.05, 4.69) is 0 Å². The second-order valence-electron chi connectivity index (χ2n) is 4.55. The minimum Gasteiger partial charge on any atom is -0.465 e. The minimum atomic E-state index is -0.786. The van der Waals surface area contributed by atoms with E-state index in [0.29, 0.717) is 6.42 Å². The Morgan fingerprint density at radius 1 is 1.43 bits per heavy atom. The largest absolute Gasteiger partial charge is 0.465 e. The van der Waals surface area contributed by atoms with Gasteiger partial charge in [-0.3, -0.25) is 0 Å². The molecular formula is C10H19NO3.